The highest BCUT2D eigenvalue weighted by atomic mass is 35.5. The molecule has 2 rings (SSSR count). The number of carbonyl (C=O) groups excluding carboxylic acids is 1. The maximum Gasteiger partial charge on any atom is 0.200 e. The number of methoxy groups -OCH3 is 2. The van der Waals surface area contributed by atoms with Crippen molar-refractivity contribution in [3.8, 4) is 17.2 Å². The summed E-state index contributed by atoms with van der Waals surface area (Å²) in [5.41, 5.74) is 0.986. The zero-order valence-electron chi connectivity index (χ0n) is 12.5. The van der Waals surface area contributed by atoms with E-state index in [1.807, 2.05) is 0 Å². The van der Waals surface area contributed by atoms with Crippen molar-refractivity contribution >= 4 is 35.1 Å². The van der Waals surface area contributed by atoms with Crippen molar-refractivity contribution in [2.24, 2.45) is 0 Å². The van der Waals surface area contributed by atoms with Gasteiger partial charge in [0.1, 0.15) is 0 Å². The maximum atomic E-state index is 12.2. The first-order valence-electron chi connectivity index (χ1n) is 6.58. The zero-order chi connectivity index (χ0) is 17.0. The van der Waals surface area contributed by atoms with Gasteiger partial charge in [0.15, 0.2) is 17.3 Å². The predicted octanol–water partition coefficient (Wildman–Crippen LogP) is 4.61. The molecule has 0 unspecified atom stereocenters. The fourth-order valence-corrected chi connectivity index (χ4v) is 2.46. The summed E-state index contributed by atoms with van der Waals surface area (Å²) in [7, 11) is 2.86. The quantitative estimate of drug-likeness (QED) is 0.630. The summed E-state index contributed by atoms with van der Waals surface area (Å²) in [5.74, 6) is 0.138. The molecule has 0 saturated heterocycles. The number of phenols is 1. The molecule has 0 fully saturated rings. The Kier molecular flexibility index (Phi) is 5.53. The zero-order valence-corrected chi connectivity index (χ0v) is 14.0. The van der Waals surface area contributed by atoms with E-state index in [0.717, 1.165) is 0 Å². The number of ether oxygens (including phenoxy) is 2. The molecule has 0 atom stereocenters. The van der Waals surface area contributed by atoms with Gasteiger partial charge in [-0.1, -0.05) is 29.3 Å². The molecule has 1 N–H and O–H groups in total. The SMILES string of the molecule is COc1cc(C=CC(=O)c2ccc(Cl)cc2Cl)cc(OC)c1O. The molecule has 0 spiro atoms. The Hall–Kier alpha value is -2.17. The van der Waals surface area contributed by atoms with Crippen LogP contribution in [-0.4, -0.2) is 25.1 Å². The van der Waals surface area contributed by atoms with E-state index < -0.39 is 0 Å². The summed E-state index contributed by atoms with van der Waals surface area (Å²) in [4.78, 5) is 12.2. The molecule has 0 aromatic heterocycles. The van der Waals surface area contributed by atoms with Gasteiger partial charge in [-0.3, -0.25) is 4.79 Å². The molecule has 6 heteroatoms. The molecule has 2 aromatic carbocycles. The fraction of sp³-hybridized carbons (Fsp3) is 0.118. The summed E-state index contributed by atoms with van der Waals surface area (Å²) < 4.78 is 10.1. The van der Waals surface area contributed by atoms with Gasteiger partial charge < -0.3 is 14.6 Å². The number of allylic oxidation sites excluding steroid dienone is 1. The Bertz CT molecular complexity index is 744. The monoisotopic (exact) mass is 352 g/mol. The van der Waals surface area contributed by atoms with Gasteiger partial charge in [-0.15, -0.1) is 0 Å². The molecular formula is C17H14Cl2O4. The second-order valence-corrected chi connectivity index (χ2v) is 5.44. The van der Waals surface area contributed by atoms with Crippen molar-refractivity contribution in [2.75, 3.05) is 14.2 Å². The number of carbonyl (C=O) groups is 1. The second kappa shape index (κ2) is 7.40. The molecule has 120 valence electrons. The second-order valence-electron chi connectivity index (χ2n) is 4.60. The van der Waals surface area contributed by atoms with E-state index in [1.165, 1.54) is 26.4 Å². The Labute approximate surface area is 143 Å². The number of hydrogen-bond acceptors (Lipinski definition) is 4. The number of ketones is 1. The Morgan fingerprint density at radius 3 is 2.22 bits per heavy atom. The van der Waals surface area contributed by atoms with E-state index in [0.29, 0.717) is 16.1 Å². The van der Waals surface area contributed by atoms with Crippen molar-refractivity contribution in [1.29, 1.82) is 0 Å². The highest BCUT2D eigenvalue weighted by molar-refractivity contribution is 6.37. The average Bonchev–Trinajstić information content (AvgIpc) is 2.53. The van der Waals surface area contributed by atoms with Gasteiger partial charge in [-0.25, -0.2) is 0 Å². The van der Waals surface area contributed by atoms with E-state index in [9.17, 15) is 9.90 Å². The Balaban J connectivity index is 2.30. The first-order chi connectivity index (χ1) is 11.0. The molecule has 0 heterocycles. The lowest BCUT2D eigenvalue weighted by Gasteiger charge is -2.09. The number of aromatic hydroxyl groups is 1. The molecule has 0 aliphatic heterocycles. The highest BCUT2D eigenvalue weighted by Gasteiger charge is 2.11. The first-order valence-corrected chi connectivity index (χ1v) is 7.34. The topological polar surface area (TPSA) is 55.8 Å². The van der Waals surface area contributed by atoms with Crippen molar-refractivity contribution in [3.63, 3.8) is 0 Å². The lowest BCUT2D eigenvalue weighted by molar-refractivity contribution is 0.104. The van der Waals surface area contributed by atoms with E-state index in [-0.39, 0.29) is 28.1 Å². The van der Waals surface area contributed by atoms with Crippen LogP contribution >= 0.6 is 23.2 Å². The number of benzene rings is 2. The van der Waals surface area contributed by atoms with Crippen molar-refractivity contribution in [2.45, 2.75) is 0 Å². The number of hydrogen-bond donors (Lipinski definition) is 1. The number of rotatable bonds is 5. The molecule has 0 amide bonds. The van der Waals surface area contributed by atoms with E-state index >= 15 is 0 Å². The predicted molar refractivity (Wildman–Crippen MR) is 91.0 cm³/mol. The standard InChI is InChI=1S/C17H14Cl2O4/c1-22-15-7-10(8-16(23-2)17(15)21)3-6-14(20)12-5-4-11(18)9-13(12)19/h3-9,21H,1-2H3. The Morgan fingerprint density at radius 1 is 1.09 bits per heavy atom. The van der Waals surface area contributed by atoms with Crippen LogP contribution in [0.25, 0.3) is 6.08 Å². The molecule has 0 aliphatic rings. The maximum absolute atomic E-state index is 12.2. The summed E-state index contributed by atoms with van der Waals surface area (Å²) in [6.45, 7) is 0. The molecule has 0 radical (unpaired) electrons. The first kappa shape index (κ1) is 17.2. The van der Waals surface area contributed by atoms with Gasteiger partial charge in [-0.2, -0.15) is 0 Å². The van der Waals surface area contributed by atoms with E-state index in [2.05, 4.69) is 0 Å². The normalized spacial score (nSPS) is 10.8. The van der Waals surface area contributed by atoms with Crippen molar-refractivity contribution < 1.29 is 19.4 Å². The minimum Gasteiger partial charge on any atom is -0.502 e. The van der Waals surface area contributed by atoms with E-state index in [4.69, 9.17) is 32.7 Å². The van der Waals surface area contributed by atoms with Crippen LogP contribution in [0.15, 0.2) is 36.4 Å². The Morgan fingerprint density at radius 2 is 1.70 bits per heavy atom. The van der Waals surface area contributed by atoms with Gasteiger partial charge in [0.05, 0.1) is 19.2 Å². The van der Waals surface area contributed by atoms with Crippen LogP contribution in [0.4, 0.5) is 0 Å². The summed E-state index contributed by atoms with van der Waals surface area (Å²) in [5, 5.41) is 10.6. The van der Waals surface area contributed by atoms with Gasteiger partial charge >= 0.3 is 0 Å². The number of phenolic OH excluding ortho intramolecular Hbond substituents is 1. The van der Waals surface area contributed by atoms with Crippen LogP contribution in [0, 0.1) is 0 Å². The van der Waals surface area contributed by atoms with Crippen LogP contribution in [0.3, 0.4) is 0 Å². The molecule has 0 saturated carbocycles. The summed E-state index contributed by atoms with van der Waals surface area (Å²) >= 11 is 11.8. The van der Waals surface area contributed by atoms with Crippen LogP contribution < -0.4 is 9.47 Å². The van der Waals surface area contributed by atoms with Crippen molar-refractivity contribution in [1.82, 2.24) is 0 Å². The summed E-state index contributed by atoms with van der Waals surface area (Å²) in [6, 6.07) is 7.85. The van der Waals surface area contributed by atoms with Gasteiger partial charge in [0.25, 0.3) is 0 Å². The lowest BCUT2D eigenvalue weighted by Crippen LogP contribution is -1.95. The van der Waals surface area contributed by atoms with Crippen LogP contribution in [0.2, 0.25) is 10.0 Å². The third-order valence-electron chi connectivity index (χ3n) is 3.13. The third-order valence-corrected chi connectivity index (χ3v) is 3.67. The largest absolute Gasteiger partial charge is 0.502 e. The van der Waals surface area contributed by atoms with Gasteiger partial charge in [-0.05, 0) is 42.0 Å². The van der Waals surface area contributed by atoms with Crippen LogP contribution in [0.1, 0.15) is 15.9 Å². The fourth-order valence-electron chi connectivity index (χ4n) is 1.96. The van der Waals surface area contributed by atoms with Crippen LogP contribution in [-0.2, 0) is 0 Å². The highest BCUT2D eigenvalue weighted by Crippen LogP contribution is 2.37. The van der Waals surface area contributed by atoms with E-state index in [1.54, 1.807) is 30.3 Å². The molecule has 0 aliphatic carbocycles. The minimum atomic E-state index is -0.266. The molecule has 23 heavy (non-hydrogen) atoms. The smallest absolute Gasteiger partial charge is 0.200 e. The average molecular weight is 353 g/mol. The minimum absolute atomic E-state index is 0.0979. The van der Waals surface area contributed by atoms with Crippen molar-refractivity contribution in [3.05, 3.63) is 57.6 Å². The number of halogens is 2. The van der Waals surface area contributed by atoms with Crippen LogP contribution in [0.5, 0.6) is 17.2 Å². The molecule has 0 bridgehead atoms. The summed E-state index contributed by atoms with van der Waals surface area (Å²) in [6.07, 6.45) is 2.96. The molecular weight excluding hydrogens is 339 g/mol. The third kappa shape index (κ3) is 3.97. The lowest BCUT2D eigenvalue weighted by atomic mass is 10.1. The molecule has 4 nitrogen and oxygen atoms in total. The van der Waals surface area contributed by atoms with Gasteiger partial charge in [0, 0.05) is 10.6 Å². The molecule has 2 aromatic rings. The van der Waals surface area contributed by atoms with Gasteiger partial charge in [0.2, 0.25) is 5.75 Å².